The number of aryl methyl sites for hydroxylation is 1. The maximum absolute atomic E-state index is 10.9. The lowest BCUT2D eigenvalue weighted by atomic mass is 10.2. The fourth-order valence-corrected chi connectivity index (χ4v) is 2.05. The minimum atomic E-state index is -0.979. The van der Waals surface area contributed by atoms with Crippen LogP contribution in [0.15, 0.2) is 42.7 Å². The quantitative estimate of drug-likeness (QED) is 0.761. The van der Waals surface area contributed by atoms with Crippen molar-refractivity contribution >= 4 is 16.9 Å². The molecule has 2 aromatic heterocycles. The van der Waals surface area contributed by atoms with Crippen LogP contribution in [0.2, 0.25) is 0 Å². The maximum atomic E-state index is 10.9. The molecular weight excluding hydrogens is 242 g/mol. The number of rotatable bonds is 2. The lowest BCUT2D eigenvalue weighted by Gasteiger charge is -2.06. The molecule has 0 fully saturated rings. The smallest absolute Gasteiger partial charge is 0.337 e. The minimum absolute atomic E-state index is 0.178. The molecule has 19 heavy (non-hydrogen) atoms. The molecule has 0 spiro atoms. The minimum Gasteiger partial charge on any atom is -0.478 e. The van der Waals surface area contributed by atoms with E-state index in [1.54, 1.807) is 16.9 Å². The van der Waals surface area contributed by atoms with E-state index in [0.717, 1.165) is 16.5 Å². The number of hydrogen-bond acceptors (Lipinski definition) is 3. The van der Waals surface area contributed by atoms with Gasteiger partial charge in [0, 0.05) is 11.6 Å². The van der Waals surface area contributed by atoms with Gasteiger partial charge in [-0.2, -0.15) is 5.10 Å². The van der Waals surface area contributed by atoms with Crippen molar-refractivity contribution in [1.29, 1.82) is 0 Å². The van der Waals surface area contributed by atoms with Gasteiger partial charge in [0.25, 0.3) is 0 Å². The molecule has 3 aromatic rings. The molecule has 0 saturated carbocycles. The lowest BCUT2D eigenvalue weighted by molar-refractivity contribution is 0.0696. The van der Waals surface area contributed by atoms with Crippen LogP contribution in [0.4, 0.5) is 0 Å². The zero-order valence-corrected chi connectivity index (χ0v) is 10.2. The predicted molar refractivity (Wildman–Crippen MR) is 70.6 cm³/mol. The Morgan fingerprint density at radius 2 is 2.05 bits per heavy atom. The Morgan fingerprint density at radius 3 is 2.79 bits per heavy atom. The standard InChI is InChI=1S/C14H11N3O2/c1-9-6-11(14(18)19)7-15-13(9)17-12-5-3-2-4-10(12)8-16-17/h2-8H,1H3,(H,18,19). The SMILES string of the molecule is Cc1cc(C(=O)O)cnc1-n1ncc2ccccc21. The number of carbonyl (C=O) groups is 1. The van der Waals surface area contributed by atoms with Gasteiger partial charge in [0.1, 0.15) is 0 Å². The maximum Gasteiger partial charge on any atom is 0.337 e. The predicted octanol–water partition coefficient (Wildman–Crippen LogP) is 2.43. The van der Waals surface area contributed by atoms with Gasteiger partial charge in [-0.1, -0.05) is 18.2 Å². The Kier molecular flexibility index (Phi) is 2.52. The largest absolute Gasteiger partial charge is 0.478 e. The first kappa shape index (κ1) is 11.4. The van der Waals surface area contributed by atoms with Gasteiger partial charge in [0.05, 0.1) is 17.3 Å². The molecule has 3 rings (SSSR count). The third-order valence-electron chi connectivity index (χ3n) is 2.98. The highest BCUT2D eigenvalue weighted by Gasteiger charge is 2.11. The van der Waals surface area contributed by atoms with Crippen molar-refractivity contribution in [1.82, 2.24) is 14.8 Å². The Balaban J connectivity index is 2.19. The fourth-order valence-electron chi connectivity index (χ4n) is 2.05. The highest BCUT2D eigenvalue weighted by molar-refractivity contribution is 5.87. The molecule has 0 saturated heterocycles. The van der Waals surface area contributed by atoms with Gasteiger partial charge in [-0.3, -0.25) is 0 Å². The van der Waals surface area contributed by atoms with Crippen molar-refractivity contribution in [3.63, 3.8) is 0 Å². The van der Waals surface area contributed by atoms with Crippen LogP contribution in [0.1, 0.15) is 15.9 Å². The average molecular weight is 253 g/mol. The summed E-state index contributed by atoms with van der Waals surface area (Å²) >= 11 is 0. The summed E-state index contributed by atoms with van der Waals surface area (Å²) < 4.78 is 1.72. The van der Waals surface area contributed by atoms with Gasteiger partial charge in [0.15, 0.2) is 5.82 Å². The molecule has 1 N–H and O–H groups in total. The van der Waals surface area contributed by atoms with Crippen LogP contribution in [0.5, 0.6) is 0 Å². The van der Waals surface area contributed by atoms with E-state index >= 15 is 0 Å². The summed E-state index contributed by atoms with van der Waals surface area (Å²) in [5.74, 6) is -0.335. The van der Waals surface area contributed by atoms with E-state index < -0.39 is 5.97 Å². The van der Waals surface area contributed by atoms with Crippen molar-refractivity contribution in [3.05, 3.63) is 53.9 Å². The van der Waals surface area contributed by atoms with Crippen LogP contribution < -0.4 is 0 Å². The van der Waals surface area contributed by atoms with Crippen molar-refractivity contribution in [3.8, 4) is 5.82 Å². The lowest BCUT2D eigenvalue weighted by Crippen LogP contribution is -2.05. The Morgan fingerprint density at radius 1 is 1.26 bits per heavy atom. The Hall–Kier alpha value is -2.69. The molecule has 0 aliphatic heterocycles. The van der Waals surface area contributed by atoms with Crippen LogP contribution in [0, 0.1) is 6.92 Å². The summed E-state index contributed by atoms with van der Waals surface area (Å²) in [6, 6.07) is 9.40. The van der Waals surface area contributed by atoms with Crippen molar-refractivity contribution < 1.29 is 9.90 Å². The van der Waals surface area contributed by atoms with Crippen molar-refractivity contribution in [2.75, 3.05) is 0 Å². The molecule has 0 amide bonds. The third kappa shape index (κ3) is 1.85. The van der Waals surface area contributed by atoms with Gasteiger partial charge in [0.2, 0.25) is 0 Å². The molecule has 0 bridgehead atoms. The van der Waals surface area contributed by atoms with E-state index in [0.29, 0.717) is 5.82 Å². The first-order chi connectivity index (χ1) is 9.16. The van der Waals surface area contributed by atoms with Crippen molar-refractivity contribution in [2.45, 2.75) is 6.92 Å². The third-order valence-corrected chi connectivity index (χ3v) is 2.98. The number of carboxylic acid groups (broad SMARTS) is 1. The van der Waals surface area contributed by atoms with Crippen LogP contribution >= 0.6 is 0 Å². The zero-order chi connectivity index (χ0) is 13.4. The molecular formula is C14H11N3O2. The van der Waals surface area contributed by atoms with E-state index in [1.165, 1.54) is 6.20 Å². The second kappa shape index (κ2) is 4.20. The Labute approximate surface area is 109 Å². The number of benzene rings is 1. The molecule has 0 aliphatic carbocycles. The molecule has 0 radical (unpaired) electrons. The fraction of sp³-hybridized carbons (Fsp3) is 0.0714. The number of para-hydroxylation sites is 1. The summed E-state index contributed by atoms with van der Waals surface area (Å²) in [4.78, 5) is 15.1. The molecule has 0 aliphatic rings. The first-order valence-corrected chi connectivity index (χ1v) is 5.80. The summed E-state index contributed by atoms with van der Waals surface area (Å²) in [5.41, 5.74) is 1.90. The van der Waals surface area contributed by atoms with Gasteiger partial charge < -0.3 is 5.11 Å². The molecule has 5 heteroatoms. The number of hydrogen-bond donors (Lipinski definition) is 1. The summed E-state index contributed by atoms with van der Waals surface area (Å²) in [7, 11) is 0. The number of carboxylic acids is 1. The Bertz CT molecular complexity index is 777. The van der Waals surface area contributed by atoms with E-state index in [9.17, 15) is 4.79 Å². The van der Waals surface area contributed by atoms with E-state index in [-0.39, 0.29) is 5.56 Å². The summed E-state index contributed by atoms with van der Waals surface area (Å²) in [6.45, 7) is 1.82. The molecule has 0 atom stereocenters. The number of aromatic carboxylic acids is 1. The second-order valence-corrected chi connectivity index (χ2v) is 4.28. The highest BCUT2D eigenvalue weighted by atomic mass is 16.4. The zero-order valence-electron chi connectivity index (χ0n) is 10.2. The van der Waals surface area contributed by atoms with Crippen molar-refractivity contribution in [2.24, 2.45) is 0 Å². The monoisotopic (exact) mass is 253 g/mol. The van der Waals surface area contributed by atoms with Crippen LogP contribution in [0.25, 0.3) is 16.7 Å². The normalized spacial score (nSPS) is 10.8. The van der Waals surface area contributed by atoms with E-state index in [4.69, 9.17) is 5.11 Å². The molecule has 94 valence electrons. The number of nitrogens with zero attached hydrogens (tertiary/aromatic N) is 3. The number of aromatic nitrogens is 3. The van der Waals surface area contributed by atoms with E-state index in [2.05, 4.69) is 10.1 Å². The summed E-state index contributed by atoms with van der Waals surface area (Å²) in [5, 5.41) is 14.3. The summed E-state index contributed by atoms with van der Waals surface area (Å²) in [6.07, 6.45) is 3.11. The van der Waals surface area contributed by atoms with Gasteiger partial charge in [-0.15, -0.1) is 0 Å². The topological polar surface area (TPSA) is 68.0 Å². The average Bonchev–Trinajstić information content (AvgIpc) is 2.82. The van der Waals surface area contributed by atoms with Gasteiger partial charge >= 0.3 is 5.97 Å². The first-order valence-electron chi connectivity index (χ1n) is 5.80. The molecule has 5 nitrogen and oxygen atoms in total. The second-order valence-electron chi connectivity index (χ2n) is 4.28. The van der Waals surface area contributed by atoms with Crippen LogP contribution in [-0.2, 0) is 0 Å². The van der Waals surface area contributed by atoms with Gasteiger partial charge in [-0.25, -0.2) is 14.5 Å². The highest BCUT2D eigenvalue weighted by Crippen LogP contribution is 2.19. The molecule has 2 heterocycles. The number of fused-ring (bicyclic) bond motifs is 1. The number of pyridine rings is 1. The van der Waals surface area contributed by atoms with Crippen LogP contribution in [0.3, 0.4) is 0 Å². The molecule has 0 unspecified atom stereocenters. The van der Waals surface area contributed by atoms with Gasteiger partial charge in [-0.05, 0) is 24.6 Å². The molecule has 1 aromatic carbocycles. The van der Waals surface area contributed by atoms with Crippen LogP contribution in [-0.4, -0.2) is 25.8 Å². The van der Waals surface area contributed by atoms with E-state index in [1.807, 2.05) is 31.2 Å².